The van der Waals surface area contributed by atoms with Gasteiger partial charge in [-0.1, -0.05) is 15.9 Å². The second-order valence-electron chi connectivity index (χ2n) is 4.03. The number of rotatable bonds is 8. The van der Waals surface area contributed by atoms with E-state index < -0.39 is 16.6 Å². The molecule has 0 unspecified atom stereocenters. The summed E-state index contributed by atoms with van der Waals surface area (Å²) in [5.74, 6) is -0.0408. The largest absolute Gasteiger partial charge is 0.434 e. The molecule has 0 atom stereocenters. The zero-order valence-electron chi connectivity index (χ0n) is 10.5. The minimum Gasteiger partial charge on any atom is -0.434 e. The predicted octanol–water partition coefficient (Wildman–Crippen LogP) is 1.82. The first-order chi connectivity index (χ1) is 9.28. The maximum absolute atomic E-state index is 12.2. The second-order valence-corrected chi connectivity index (χ2v) is 6.68. The van der Waals surface area contributed by atoms with E-state index >= 15 is 0 Å². The van der Waals surface area contributed by atoms with Crippen LogP contribution in [-0.2, 0) is 16.6 Å². The van der Waals surface area contributed by atoms with Gasteiger partial charge in [-0.2, -0.15) is 8.78 Å². The lowest BCUT2D eigenvalue weighted by atomic mass is 10.2. The van der Waals surface area contributed by atoms with Crippen LogP contribution in [0.25, 0.3) is 0 Å². The number of nitrogens with two attached hydrogens (primary N) is 1. The Hall–Kier alpha value is -0.770. The standard InChI is InChI=1S/C11H15BrF2N2O3S/c12-9-2-3-10(19-11(13)14)8(6-9)7-16-4-1-5-20(15,17)18/h2-3,6,11,16H,1,4-5,7H2,(H2,15,17,18). The fourth-order valence-electron chi connectivity index (χ4n) is 1.52. The average Bonchev–Trinajstić information content (AvgIpc) is 2.30. The van der Waals surface area contributed by atoms with Crippen LogP contribution in [0.1, 0.15) is 12.0 Å². The lowest BCUT2D eigenvalue weighted by molar-refractivity contribution is -0.0505. The van der Waals surface area contributed by atoms with E-state index in [0.717, 1.165) is 4.47 Å². The SMILES string of the molecule is NS(=O)(=O)CCCNCc1cc(Br)ccc1OC(F)F. The topological polar surface area (TPSA) is 81.4 Å². The summed E-state index contributed by atoms with van der Waals surface area (Å²) in [5, 5.41) is 7.81. The summed E-state index contributed by atoms with van der Waals surface area (Å²) in [4.78, 5) is 0. The highest BCUT2D eigenvalue weighted by Crippen LogP contribution is 2.24. The molecular formula is C11H15BrF2N2O3S. The first kappa shape index (κ1) is 17.3. The van der Waals surface area contributed by atoms with Gasteiger partial charge in [-0.15, -0.1) is 0 Å². The molecule has 0 bridgehead atoms. The smallest absolute Gasteiger partial charge is 0.387 e. The molecule has 1 aromatic rings. The summed E-state index contributed by atoms with van der Waals surface area (Å²) in [6.07, 6.45) is 0.345. The first-order valence-corrected chi connectivity index (χ1v) is 8.23. The lowest BCUT2D eigenvalue weighted by Crippen LogP contribution is -2.22. The molecule has 9 heteroatoms. The Morgan fingerprint density at radius 2 is 2.10 bits per heavy atom. The van der Waals surface area contributed by atoms with Crippen LogP contribution in [0.5, 0.6) is 5.75 Å². The molecule has 0 radical (unpaired) electrons. The molecule has 0 aliphatic rings. The third-order valence-corrected chi connectivity index (χ3v) is 3.69. The lowest BCUT2D eigenvalue weighted by Gasteiger charge is -2.12. The van der Waals surface area contributed by atoms with Gasteiger partial charge in [0.05, 0.1) is 5.75 Å². The van der Waals surface area contributed by atoms with Crippen LogP contribution >= 0.6 is 15.9 Å². The summed E-state index contributed by atoms with van der Waals surface area (Å²) in [6, 6.07) is 4.70. The van der Waals surface area contributed by atoms with Crippen molar-refractivity contribution in [2.24, 2.45) is 5.14 Å². The van der Waals surface area contributed by atoms with E-state index in [4.69, 9.17) is 5.14 Å². The number of hydrogen-bond donors (Lipinski definition) is 2. The van der Waals surface area contributed by atoms with Gasteiger partial charge in [0, 0.05) is 16.6 Å². The quantitative estimate of drug-likeness (QED) is 0.682. The van der Waals surface area contributed by atoms with Crippen molar-refractivity contribution in [1.29, 1.82) is 0 Å². The van der Waals surface area contributed by atoms with Crippen molar-refractivity contribution in [3.63, 3.8) is 0 Å². The van der Waals surface area contributed by atoms with Crippen molar-refractivity contribution in [2.45, 2.75) is 19.6 Å². The van der Waals surface area contributed by atoms with Gasteiger partial charge in [-0.25, -0.2) is 13.6 Å². The van der Waals surface area contributed by atoms with E-state index in [-0.39, 0.29) is 18.0 Å². The molecule has 1 aromatic carbocycles. The number of halogens is 3. The number of sulfonamides is 1. The van der Waals surface area contributed by atoms with Crippen molar-refractivity contribution in [3.05, 3.63) is 28.2 Å². The van der Waals surface area contributed by atoms with E-state index in [2.05, 4.69) is 26.0 Å². The van der Waals surface area contributed by atoms with E-state index in [1.807, 2.05) is 0 Å². The molecule has 0 spiro atoms. The van der Waals surface area contributed by atoms with Crippen LogP contribution in [0.15, 0.2) is 22.7 Å². The van der Waals surface area contributed by atoms with Gasteiger partial charge < -0.3 is 10.1 Å². The second kappa shape index (κ2) is 7.87. The van der Waals surface area contributed by atoms with Crippen molar-refractivity contribution < 1.29 is 21.9 Å². The minimum absolute atomic E-state index is 0.0853. The molecule has 5 nitrogen and oxygen atoms in total. The Morgan fingerprint density at radius 1 is 1.40 bits per heavy atom. The average molecular weight is 373 g/mol. The number of benzene rings is 1. The third-order valence-electron chi connectivity index (χ3n) is 2.34. The van der Waals surface area contributed by atoms with E-state index in [9.17, 15) is 17.2 Å². The summed E-state index contributed by atoms with van der Waals surface area (Å²) in [7, 11) is -3.47. The molecule has 0 fully saturated rings. The molecule has 0 saturated carbocycles. The van der Waals surface area contributed by atoms with Gasteiger partial charge in [0.1, 0.15) is 5.75 Å². The highest BCUT2D eigenvalue weighted by Gasteiger charge is 2.10. The Kier molecular flexibility index (Phi) is 6.80. The zero-order chi connectivity index (χ0) is 15.2. The van der Waals surface area contributed by atoms with Crippen molar-refractivity contribution in [2.75, 3.05) is 12.3 Å². The summed E-state index contributed by atoms with van der Waals surface area (Å²) < 4.78 is 51.1. The molecule has 0 aliphatic heterocycles. The summed E-state index contributed by atoms with van der Waals surface area (Å²) in [6.45, 7) is -2.21. The third kappa shape index (κ3) is 7.13. The molecule has 114 valence electrons. The van der Waals surface area contributed by atoms with Gasteiger partial charge in [-0.3, -0.25) is 0 Å². The highest BCUT2D eigenvalue weighted by atomic mass is 79.9. The van der Waals surface area contributed by atoms with Crippen molar-refractivity contribution in [1.82, 2.24) is 5.32 Å². The van der Waals surface area contributed by atoms with Crippen molar-refractivity contribution >= 4 is 26.0 Å². The maximum Gasteiger partial charge on any atom is 0.387 e. The van der Waals surface area contributed by atoms with Crippen LogP contribution in [0.3, 0.4) is 0 Å². The van der Waals surface area contributed by atoms with E-state index in [0.29, 0.717) is 18.5 Å². The number of alkyl halides is 2. The fourth-order valence-corrected chi connectivity index (χ4v) is 2.47. The first-order valence-electron chi connectivity index (χ1n) is 5.72. The van der Waals surface area contributed by atoms with Gasteiger partial charge in [0.25, 0.3) is 0 Å². The number of nitrogens with one attached hydrogen (secondary N) is 1. The Labute approximate surface area is 124 Å². The van der Waals surface area contributed by atoms with Crippen LogP contribution < -0.4 is 15.2 Å². The monoisotopic (exact) mass is 372 g/mol. The maximum atomic E-state index is 12.2. The van der Waals surface area contributed by atoms with Crippen LogP contribution in [0.4, 0.5) is 8.78 Å². The molecule has 20 heavy (non-hydrogen) atoms. The number of ether oxygens (including phenoxy) is 1. The Morgan fingerprint density at radius 3 is 2.70 bits per heavy atom. The van der Waals surface area contributed by atoms with E-state index in [1.165, 1.54) is 6.07 Å². The van der Waals surface area contributed by atoms with Crippen LogP contribution in [0.2, 0.25) is 0 Å². The molecule has 0 heterocycles. The molecular weight excluding hydrogens is 358 g/mol. The number of hydrogen-bond acceptors (Lipinski definition) is 4. The highest BCUT2D eigenvalue weighted by molar-refractivity contribution is 9.10. The molecule has 0 aliphatic carbocycles. The molecule has 0 saturated heterocycles. The van der Waals surface area contributed by atoms with Gasteiger partial charge >= 0.3 is 6.61 Å². The normalized spacial score (nSPS) is 11.8. The summed E-state index contributed by atoms with van der Waals surface area (Å²) >= 11 is 3.24. The Balaban J connectivity index is 2.51. The molecule has 0 amide bonds. The van der Waals surface area contributed by atoms with Crippen LogP contribution in [-0.4, -0.2) is 27.3 Å². The van der Waals surface area contributed by atoms with Gasteiger partial charge in [0.2, 0.25) is 10.0 Å². The van der Waals surface area contributed by atoms with Crippen molar-refractivity contribution in [3.8, 4) is 5.75 Å². The molecule has 3 N–H and O–H groups in total. The minimum atomic E-state index is -3.47. The zero-order valence-corrected chi connectivity index (χ0v) is 12.9. The van der Waals surface area contributed by atoms with Gasteiger partial charge in [-0.05, 0) is 31.2 Å². The fraction of sp³-hybridized carbons (Fsp3) is 0.455. The predicted molar refractivity (Wildman–Crippen MR) is 75.1 cm³/mol. The molecule has 0 aromatic heterocycles. The van der Waals surface area contributed by atoms with E-state index in [1.54, 1.807) is 12.1 Å². The molecule has 1 rings (SSSR count). The summed E-state index contributed by atoms with van der Waals surface area (Å²) in [5.41, 5.74) is 0.551. The number of primary sulfonamides is 1. The Bertz CT molecular complexity index is 540. The van der Waals surface area contributed by atoms with Crippen LogP contribution in [0, 0.1) is 0 Å². The van der Waals surface area contributed by atoms with Gasteiger partial charge in [0.15, 0.2) is 0 Å².